The van der Waals surface area contributed by atoms with Crippen LogP contribution in [0.3, 0.4) is 0 Å². The lowest BCUT2D eigenvalue weighted by atomic mass is 10.0. The lowest BCUT2D eigenvalue weighted by Gasteiger charge is -2.24. The summed E-state index contributed by atoms with van der Waals surface area (Å²) in [6.07, 6.45) is -0.313. The number of rotatable bonds is 0. The topological polar surface area (TPSA) is 53.3 Å². The molecule has 1 amide bonds. The fourth-order valence-corrected chi connectivity index (χ4v) is 1.61. The van der Waals surface area contributed by atoms with E-state index in [2.05, 4.69) is 6.07 Å². The van der Waals surface area contributed by atoms with Crippen LogP contribution in [0.1, 0.15) is 27.7 Å². The number of amides is 1. The van der Waals surface area contributed by atoms with Crippen molar-refractivity contribution in [2.24, 2.45) is 11.8 Å². The van der Waals surface area contributed by atoms with Gasteiger partial charge in [0.1, 0.15) is 5.60 Å². The van der Waals surface area contributed by atoms with Crippen molar-refractivity contribution in [3.63, 3.8) is 0 Å². The summed E-state index contributed by atoms with van der Waals surface area (Å²) in [6, 6.07) is 2.21. The molecule has 15 heavy (non-hydrogen) atoms. The van der Waals surface area contributed by atoms with E-state index in [1.54, 1.807) is 4.90 Å². The second-order valence-corrected chi connectivity index (χ2v) is 5.10. The molecule has 0 bridgehead atoms. The van der Waals surface area contributed by atoms with E-state index in [1.807, 2.05) is 27.7 Å². The first-order chi connectivity index (χ1) is 6.83. The largest absolute Gasteiger partial charge is 0.444 e. The van der Waals surface area contributed by atoms with E-state index in [-0.39, 0.29) is 17.9 Å². The molecule has 2 atom stereocenters. The maximum atomic E-state index is 11.7. The summed E-state index contributed by atoms with van der Waals surface area (Å²) in [5.41, 5.74) is -0.467. The Morgan fingerprint density at radius 1 is 1.47 bits per heavy atom. The summed E-state index contributed by atoms with van der Waals surface area (Å²) in [5.74, 6) is 0.181. The Balaban J connectivity index is 2.54. The predicted molar refractivity (Wildman–Crippen MR) is 56.1 cm³/mol. The Bertz CT molecular complexity index is 288. The molecular formula is C11H18N2O2. The first kappa shape index (κ1) is 11.8. The van der Waals surface area contributed by atoms with E-state index >= 15 is 0 Å². The molecule has 1 aliphatic rings. The summed E-state index contributed by atoms with van der Waals surface area (Å²) >= 11 is 0. The van der Waals surface area contributed by atoms with Crippen LogP contribution in [-0.4, -0.2) is 29.7 Å². The van der Waals surface area contributed by atoms with Crippen LogP contribution in [0.5, 0.6) is 0 Å². The quantitative estimate of drug-likeness (QED) is 0.614. The zero-order chi connectivity index (χ0) is 11.6. The summed E-state index contributed by atoms with van der Waals surface area (Å²) in [6.45, 7) is 8.61. The molecule has 4 nitrogen and oxygen atoms in total. The lowest BCUT2D eigenvalue weighted by molar-refractivity contribution is 0.0287. The van der Waals surface area contributed by atoms with Crippen molar-refractivity contribution in [1.82, 2.24) is 4.90 Å². The molecule has 0 aliphatic carbocycles. The van der Waals surface area contributed by atoms with Crippen molar-refractivity contribution in [1.29, 1.82) is 5.26 Å². The first-order valence-corrected chi connectivity index (χ1v) is 5.21. The van der Waals surface area contributed by atoms with Crippen molar-refractivity contribution >= 4 is 6.09 Å². The fourth-order valence-electron chi connectivity index (χ4n) is 1.61. The lowest BCUT2D eigenvalue weighted by Crippen LogP contribution is -2.35. The number of nitrogens with zero attached hydrogens (tertiary/aromatic N) is 2. The minimum Gasteiger partial charge on any atom is -0.444 e. The van der Waals surface area contributed by atoms with E-state index in [1.165, 1.54) is 0 Å². The highest BCUT2D eigenvalue weighted by atomic mass is 16.6. The first-order valence-electron chi connectivity index (χ1n) is 5.21. The molecule has 0 unspecified atom stereocenters. The maximum Gasteiger partial charge on any atom is 0.410 e. The van der Waals surface area contributed by atoms with Gasteiger partial charge in [0.05, 0.1) is 12.0 Å². The summed E-state index contributed by atoms with van der Waals surface area (Å²) < 4.78 is 5.24. The zero-order valence-corrected chi connectivity index (χ0v) is 9.78. The highest BCUT2D eigenvalue weighted by molar-refractivity contribution is 5.68. The molecule has 1 rings (SSSR count). The average Bonchev–Trinajstić information content (AvgIpc) is 2.43. The molecule has 4 heteroatoms. The maximum absolute atomic E-state index is 11.7. The van der Waals surface area contributed by atoms with Crippen molar-refractivity contribution in [2.75, 3.05) is 13.1 Å². The van der Waals surface area contributed by atoms with E-state index in [0.717, 1.165) is 0 Å². The molecule has 0 saturated carbocycles. The van der Waals surface area contributed by atoms with Crippen LogP contribution in [0, 0.1) is 23.2 Å². The third-order valence-electron chi connectivity index (χ3n) is 2.43. The van der Waals surface area contributed by atoms with Crippen LogP contribution in [-0.2, 0) is 4.74 Å². The van der Waals surface area contributed by atoms with Gasteiger partial charge in [-0.25, -0.2) is 4.79 Å². The third-order valence-corrected chi connectivity index (χ3v) is 2.43. The van der Waals surface area contributed by atoms with Gasteiger partial charge in [-0.15, -0.1) is 0 Å². The van der Waals surface area contributed by atoms with Crippen LogP contribution in [0.25, 0.3) is 0 Å². The number of carbonyl (C=O) groups is 1. The van der Waals surface area contributed by atoms with Gasteiger partial charge in [0.25, 0.3) is 0 Å². The number of likely N-dealkylation sites (tertiary alicyclic amines) is 1. The number of hydrogen-bond donors (Lipinski definition) is 0. The van der Waals surface area contributed by atoms with Gasteiger partial charge in [0.15, 0.2) is 0 Å². The van der Waals surface area contributed by atoms with Gasteiger partial charge in [-0.2, -0.15) is 5.26 Å². The molecule has 1 heterocycles. The summed E-state index contributed by atoms with van der Waals surface area (Å²) in [7, 11) is 0. The van der Waals surface area contributed by atoms with Crippen LogP contribution < -0.4 is 0 Å². The Labute approximate surface area is 90.8 Å². The highest BCUT2D eigenvalue weighted by Crippen LogP contribution is 2.23. The molecule has 1 aliphatic heterocycles. The molecule has 1 fully saturated rings. The second kappa shape index (κ2) is 4.09. The van der Waals surface area contributed by atoms with Crippen LogP contribution in [0.15, 0.2) is 0 Å². The van der Waals surface area contributed by atoms with Crippen molar-refractivity contribution in [3.8, 4) is 6.07 Å². The molecular weight excluding hydrogens is 192 g/mol. The minimum atomic E-state index is -0.467. The monoisotopic (exact) mass is 210 g/mol. The van der Waals surface area contributed by atoms with Gasteiger partial charge in [-0.1, -0.05) is 6.92 Å². The zero-order valence-electron chi connectivity index (χ0n) is 9.78. The van der Waals surface area contributed by atoms with Gasteiger partial charge in [-0.3, -0.25) is 0 Å². The normalized spacial score (nSPS) is 26.2. The molecule has 0 aromatic rings. The fraction of sp³-hybridized carbons (Fsp3) is 0.818. The SMILES string of the molecule is C[C@H]1CN(C(=O)OC(C)(C)C)C[C@H]1C#N. The van der Waals surface area contributed by atoms with Gasteiger partial charge in [0.2, 0.25) is 0 Å². The van der Waals surface area contributed by atoms with E-state index < -0.39 is 5.60 Å². The second-order valence-electron chi connectivity index (χ2n) is 5.10. The predicted octanol–water partition coefficient (Wildman–Crippen LogP) is 2.01. The Morgan fingerprint density at radius 3 is 2.47 bits per heavy atom. The van der Waals surface area contributed by atoms with Gasteiger partial charge in [-0.05, 0) is 26.7 Å². The van der Waals surface area contributed by atoms with Crippen molar-refractivity contribution in [2.45, 2.75) is 33.3 Å². The standard InChI is InChI=1S/C11H18N2O2/c1-8-6-13(7-9(8)5-12)10(14)15-11(2,3)4/h8-9H,6-7H2,1-4H3/t8-,9+/m0/s1. The smallest absolute Gasteiger partial charge is 0.410 e. The average molecular weight is 210 g/mol. The molecule has 84 valence electrons. The van der Waals surface area contributed by atoms with Crippen molar-refractivity contribution < 1.29 is 9.53 Å². The summed E-state index contributed by atoms with van der Waals surface area (Å²) in [4.78, 5) is 13.3. The van der Waals surface area contributed by atoms with Gasteiger partial charge < -0.3 is 9.64 Å². The van der Waals surface area contributed by atoms with Gasteiger partial charge >= 0.3 is 6.09 Å². The minimum absolute atomic E-state index is 0.0579. The van der Waals surface area contributed by atoms with E-state index in [4.69, 9.17) is 10.00 Å². The van der Waals surface area contributed by atoms with Gasteiger partial charge in [0, 0.05) is 13.1 Å². The summed E-state index contributed by atoms with van der Waals surface area (Å²) in [5, 5.41) is 8.84. The number of hydrogen-bond acceptors (Lipinski definition) is 3. The van der Waals surface area contributed by atoms with E-state index in [9.17, 15) is 4.79 Å². The number of nitriles is 1. The number of ether oxygens (including phenoxy) is 1. The van der Waals surface area contributed by atoms with E-state index in [0.29, 0.717) is 13.1 Å². The molecule has 0 radical (unpaired) electrons. The molecule has 0 aromatic carbocycles. The van der Waals surface area contributed by atoms with Crippen LogP contribution in [0.2, 0.25) is 0 Å². The molecule has 0 N–H and O–H groups in total. The third kappa shape index (κ3) is 3.12. The van der Waals surface area contributed by atoms with Crippen LogP contribution in [0.4, 0.5) is 4.79 Å². The molecule has 1 saturated heterocycles. The Morgan fingerprint density at radius 2 is 2.07 bits per heavy atom. The van der Waals surface area contributed by atoms with Crippen molar-refractivity contribution in [3.05, 3.63) is 0 Å². The van der Waals surface area contributed by atoms with Crippen LogP contribution >= 0.6 is 0 Å². The Hall–Kier alpha value is -1.24. The molecule has 0 spiro atoms. The highest BCUT2D eigenvalue weighted by Gasteiger charge is 2.34. The molecule has 0 aromatic heterocycles. The Kier molecular flexibility index (Phi) is 3.23. The number of carbonyl (C=O) groups excluding carboxylic acids is 1.